The minimum absolute atomic E-state index is 0.0304. The summed E-state index contributed by atoms with van der Waals surface area (Å²) in [6.07, 6.45) is 0. The number of hydrogen-bond donors (Lipinski definition) is 2. The fourth-order valence-electron chi connectivity index (χ4n) is 2.19. The zero-order chi connectivity index (χ0) is 14.8. The van der Waals surface area contributed by atoms with Crippen LogP contribution in [0.2, 0.25) is 0 Å². The first-order chi connectivity index (χ1) is 8.67. The molecule has 3 amide bonds. The summed E-state index contributed by atoms with van der Waals surface area (Å²) in [7, 11) is 0. The van der Waals surface area contributed by atoms with Crippen molar-refractivity contribution < 1.29 is 14.4 Å². The normalized spacial score (nSPS) is 19.9. The van der Waals surface area contributed by atoms with E-state index in [1.165, 1.54) is 6.92 Å². The molecule has 6 nitrogen and oxygen atoms in total. The van der Waals surface area contributed by atoms with Gasteiger partial charge in [0.1, 0.15) is 11.6 Å². The summed E-state index contributed by atoms with van der Waals surface area (Å²) in [5.74, 6) is -0.647. The molecule has 0 radical (unpaired) electrons. The molecule has 0 saturated carbocycles. The number of carbonyl (C=O) groups is 3. The highest BCUT2D eigenvalue weighted by Crippen LogP contribution is 2.20. The first-order valence-electron chi connectivity index (χ1n) is 6.54. The van der Waals surface area contributed by atoms with Crippen LogP contribution in [0.5, 0.6) is 0 Å². The molecule has 1 aliphatic rings. The maximum absolute atomic E-state index is 12.6. The Bertz CT molecular complexity index is 391. The molecule has 1 rings (SSSR count). The average Bonchev–Trinajstić information content (AvgIpc) is 2.28. The molecule has 1 atom stereocenters. The molecule has 6 heteroatoms. The Kier molecular flexibility index (Phi) is 4.55. The monoisotopic (exact) mass is 269 g/mol. The number of rotatable bonds is 3. The maximum Gasteiger partial charge on any atom is 0.246 e. The molecule has 19 heavy (non-hydrogen) atoms. The van der Waals surface area contributed by atoms with Crippen molar-refractivity contribution in [1.29, 1.82) is 0 Å². The number of hydrogen-bond acceptors (Lipinski definition) is 3. The van der Waals surface area contributed by atoms with Gasteiger partial charge in [0.2, 0.25) is 17.7 Å². The van der Waals surface area contributed by atoms with E-state index in [2.05, 4.69) is 10.6 Å². The summed E-state index contributed by atoms with van der Waals surface area (Å²) >= 11 is 0. The van der Waals surface area contributed by atoms with Crippen LogP contribution in [0.4, 0.5) is 0 Å². The van der Waals surface area contributed by atoms with Crippen molar-refractivity contribution >= 4 is 17.7 Å². The van der Waals surface area contributed by atoms with Crippen LogP contribution in [0, 0.1) is 5.92 Å². The Hall–Kier alpha value is -1.59. The van der Waals surface area contributed by atoms with Crippen LogP contribution in [0.3, 0.4) is 0 Å². The van der Waals surface area contributed by atoms with Crippen LogP contribution in [-0.4, -0.2) is 47.3 Å². The lowest BCUT2D eigenvalue weighted by Gasteiger charge is -2.43. The van der Waals surface area contributed by atoms with Gasteiger partial charge in [-0.05, 0) is 19.8 Å². The topological polar surface area (TPSA) is 78.5 Å². The molecule has 1 aliphatic heterocycles. The van der Waals surface area contributed by atoms with Gasteiger partial charge in [-0.3, -0.25) is 14.4 Å². The Labute approximate surface area is 113 Å². The van der Waals surface area contributed by atoms with Crippen molar-refractivity contribution in [2.45, 2.75) is 46.2 Å². The summed E-state index contributed by atoms with van der Waals surface area (Å²) in [6, 6.07) is -0.595. The molecule has 0 bridgehead atoms. The molecular formula is C13H23N3O3. The molecular weight excluding hydrogens is 246 g/mol. The van der Waals surface area contributed by atoms with E-state index in [1.807, 2.05) is 13.8 Å². The van der Waals surface area contributed by atoms with Gasteiger partial charge >= 0.3 is 0 Å². The second-order valence-electron chi connectivity index (χ2n) is 5.73. The third-order valence-electron chi connectivity index (χ3n) is 3.41. The van der Waals surface area contributed by atoms with Crippen molar-refractivity contribution in [3.8, 4) is 0 Å². The molecule has 1 unspecified atom stereocenters. The molecule has 1 heterocycles. The summed E-state index contributed by atoms with van der Waals surface area (Å²) in [5, 5.41) is 5.41. The van der Waals surface area contributed by atoms with Gasteiger partial charge in [-0.25, -0.2) is 0 Å². The van der Waals surface area contributed by atoms with Crippen molar-refractivity contribution in [2.24, 2.45) is 5.92 Å². The van der Waals surface area contributed by atoms with Gasteiger partial charge < -0.3 is 15.5 Å². The van der Waals surface area contributed by atoms with Crippen molar-refractivity contribution in [1.82, 2.24) is 15.5 Å². The molecule has 0 aliphatic carbocycles. The van der Waals surface area contributed by atoms with Gasteiger partial charge in [0, 0.05) is 20.0 Å². The standard InChI is InChI=1S/C13H23N3O3/c1-8(2)10(15-9(3)17)11(18)16-7-6-14-12(19)13(16,4)5/h8,10H,6-7H2,1-5H3,(H,14,19)(H,15,17). The second kappa shape index (κ2) is 5.59. The number of nitrogens with one attached hydrogen (secondary N) is 2. The number of carbonyl (C=O) groups excluding carboxylic acids is 3. The number of piperazine rings is 1. The van der Waals surface area contributed by atoms with E-state index in [1.54, 1.807) is 18.7 Å². The number of nitrogens with zero attached hydrogens (tertiary/aromatic N) is 1. The molecule has 1 fully saturated rings. The smallest absolute Gasteiger partial charge is 0.246 e. The lowest BCUT2D eigenvalue weighted by molar-refractivity contribution is -0.152. The van der Waals surface area contributed by atoms with Gasteiger partial charge in [-0.2, -0.15) is 0 Å². The second-order valence-corrected chi connectivity index (χ2v) is 5.73. The summed E-state index contributed by atoms with van der Waals surface area (Å²) in [5.41, 5.74) is -0.888. The van der Waals surface area contributed by atoms with E-state index in [9.17, 15) is 14.4 Å². The van der Waals surface area contributed by atoms with Gasteiger partial charge in [-0.15, -0.1) is 0 Å². The first kappa shape index (κ1) is 15.5. The highest BCUT2D eigenvalue weighted by atomic mass is 16.2. The van der Waals surface area contributed by atoms with Crippen LogP contribution in [0.15, 0.2) is 0 Å². The minimum atomic E-state index is -0.888. The van der Waals surface area contributed by atoms with E-state index in [4.69, 9.17) is 0 Å². The van der Waals surface area contributed by atoms with Crippen LogP contribution >= 0.6 is 0 Å². The van der Waals surface area contributed by atoms with E-state index in [0.717, 1.165) is 0 Å². The highest BCUT2D eigenvalue weighted by molar-refractivity contribution is 5.94. The van der Waals surface area contributed by atoms with Gasteiger partial charge in [0.05, 0.1) is 0 Å². The molecule has 0 aromatic carbocycles. The number of amides is 3. The quantitative estimate of drug-likeness (QED) is 0.750. The lowest BCUT2D eigenvalue weighted by Crippen LogP contribution is -2.66. The average molecular weight is 269 g/mol. The Morgan fingerprint density at radius 2 is 1.95 bits per heavy atom. The van der Waals surface area contributed by atoms with E-state index < -0.39 is 11.6 Å². The predicted octanol–water partition coefficient (Wildman–Crippen LogP) is -0.116. The SMILES string of the molecule is CC(=O)NC(C(=O)N1CCNC(=O)C1(C)C)C(C)C. The lowest BCUT2D eigenvalue weighted by atomic mass is 9.95. The molecule has 0 aromatic heterocycles. The fraction of sp³-hybridized carbons (Fsp3) is 0.769. The Morgan fingerprint density at radius 3 is 2.42 bits per heavy atom. The van der Waals surface area contributed by atoms with Crippen molar-refractivity contribution in [2.75, 3.05) is 13.1 Å². The summed E-state index contributed by atoms with van der Waals surface area (Å²) in [4.78, 5) is 37.2. The first-order valence-corrected chi connectivity index (χ1v) is 6.54. The fourth-order valence-corrected chi connectivity index (χ4v) is 2.19. The van der Waals surface area contributed by atoms with Gasteiger partial charge in [-0.1, -0.05) is 13.8 Å². The van der Waals surface area contributed by atoms with Crippen LogP contribution < -0.4 is 10.6 Å². The van der Waals surface area contributed by atoms with E-state index >= 15 is 0 Å². The third-order valence-corrected chi connectivity index (χ3v) is 3.41. The zero-order valence-corrected chi connectivity index (χ0v) is 12.2. The molecule has 108 valence electrons. The van der Waals surface area contributed by atoms with Crippen LogP contribution in [0.1, 0.15) is 34.6 Å². The van der Waals surface area contributed by atoms with E-state index in [0.29, 0.717) is 13.1 Å². The van der Waals surface area contributed by atoms with Crippen LogP contribution in [0.25, 0.3) is 0 Å². The maximum atomic E-state index is 12.6. The predicted molar refractivity (Wildman–Crippen MR) is 71.2 cm³/mol. The minimum Gasteiger partial charge on any atom is -0.352 e. The molecule has 2 N–H and O–H groups in total. The zero-order valence-electron chi connectivity index (χ0n) is 12.2. The van der Waals surface area contributed by atoms with Crippen molar-refractivity contribution in [3.63, 3.8) is 0 Å². The van der Waals surface area contributed by atoms with Crippen molar-refractivity contribution in [3.05, 3.63) is 0 Å². The molecule has 0 spiro atoms. The Balaban J connectivity index is 2.95. The van der Waals surface area contributed by atoms with Gasteiger partial charge in [0.15, 0.2) is 0 Å². The summed E-state index contributed by atoms with van der Waals surface area (Å²) < 4.78 is 0. The molecule has 1 saturated heterocycles. The third kappa shape index (κ3) is 3.24. The van der Waals surface area contributed by atoms with E-state index in [-0.39, 0.29) is 23.6 Å². The Morgan fingerprint density at radius 1 is 1.37 bits per heavy atom. The largest absolute Gasteiger partial charge is 0.352 e. The summed E-state index contributed by atoms with van der Waals surface area (Å²) in [6.45, 7) is 9.45. The van der Waals surface area contributed by atoms with Crippen LogP contribution in [-0.2, 0) is 14.4 Å². The van der Waals surface area contributed by atoms with Gasteiger partial charge in [0.25, 0.3) is 0 Å². The highest BCUT2D eigenvalue weighted by Gasteiger charge is 2.43. The molecule has 0 aromatic rings.